The number of aromatic nitrogens is 5. The molecule has 8 rings (SSSR count). The summed E-state index contributed by atoms with van der Waals surface area (Å²) < 4.78 is 27.5. The van der Waals surface area contributed by atoms with E-state index in [4.69, 9.17) is 9.72 Å². The van der Waals surface area contributed by atoms with Crippen LogP contribution in [0.5, 0.6) is 11.5 Å². The number of halogens is 1. The van der Waals surface area contributed by atoms with Crippen molar-refractivity contribution in [1.29, 1.82) is 0 Å². The van der Waals surface area contributed by atoms with Crippen LogP contribution in [0.2, 0.25) is 0 Å². The largest absolute Gasteiger partial charge is 0.456 e. The molecule has 6 nitrogen and oxygen atoms in total. The monoisotopic (exact) mass is 715 g/mol. The van der Waals surface area contributed by atoms with E-state index in [1.54, 1.807) is 12.3 Å². The molecule has 0 atom stereocenters. The molecule has 8 aromatic rings. The first-order chi connectivity index (χ1) is 25.5. The van der Waals surface area contributed by atoms with Gasteiger partial charge in [0, 0.05) is 29.2 Å². The van der Waals surface area contributed by atoms with Gasteiger partial charge < -0.3 is 4.74 Å². The number of hydrogen-bond donors (Lipinski definition) is 0. The van der Waals surface area contributed by atoms with E-state index >= 15 is 0 Å². The van der Waals surface area contributed by atoms with Gasteiger partial charge in [0.2, 0.25) is 0 Å². The molecule has 0 N–H and O–H groups in total. The second kappa shape index (κ2) is 12.7. The van der Waals surface area contributed by atoms with Gasteiger partial charge in [-0.1, -0.05) is 92.6 Å². The average Bonchev–Trinajstić information content (AvgIpc) is 3.66. The van der Waals surface area contributed by atoms with Gasteiger partial charge in [0.25, 0.3) is 6.33 Å². The van der Waals surface area contributed by atoms with E-state index in [-0.39, 0.29) is 22.1 Å². The number of fused-ring (bicyclic) bond motifs is 4. The molecule has 0 radical (unpaired) electrons. The molecule has 0 aliphatic rings. The van der Waals surface area contributed by atoms with E-state index in [0.29, 0.717) is 11.5 Å². The molecule has 0 unspecified atom stereocenters. The van der Waals surface area contributed by atoms with Crippen LogP contribution in [0.4, 0.5) is 4.39 Å². The molecular formula is C47H46FN5O. The molecule has 0 amide bonds. The fraction of sp³-hybridized carbons (Fsp3) is 0.255. The van der Waals surface area contributed by atoms with Crippen molar-refractivity contribution in [1.82, 2.24) is 19.1 Å². The molecule has 0 spiro atoms. The van der Waals surface area contributed by atoms with Crippen molar-refractivity contribution < 1.29 is 13.7 Å². The molecule has 0 aliphatic carbocycles. The number of para-hydroxylation sites is 2. The zero-order valence-corrected chi connectivity index (χ0v) is 32.5. The summed E-state index contributed by atoms with van der Waals surface area (Å²) in [6, 6.07) is 32.2. The van der Waals surface area contributed by atoms with Crippen LogP contribution >= 0.6 is 0 Å². The average molecular weight is 716 g/mol. The minimum Gasteiger partial charge on any atom is -0.456 e. The summed E-state index contributed by atoms with van der Waals surface area (Å²) in [6.45, 7) is 20.1. The normalized spacial score (nSPS) is 12.6. The quantitative estimate of drug-likeness (QED) is 0.132. The summed E-state index contributed by atoms with van der Waals surface area (Å²) in [5.74, 6) is 1.63. The van der Waals surface area contributed by atoms with Crippen molar-refractivity contribution in [2.75, 3.05) is 0 Å². The van der Waals surface area contributed by atoms with E-state index in [0.717, 1.165) is 55.6 Å². The van der Waals surface area contributed by atoms with Gasteiger partial charge in [0.1, 0.15) is 23.1 Å². The Hall–Kier alpha value is -5.82. The van der Waals surface area contributed by atoms with Crippen molar-refractivity contribution in [3.8, 4) is 28.7 Å². The molecule has 0 saturated heterocycles. The van der Waals surface area contributed by atoms with Crippen molar-refractivity contribution >= 4 is 32.8 Å². The van der Waals surface area contributed by atoms with Crippen LogP contribution in [0.25, 0.3) is 50.0 Å². The van der Waals surface area contributed by atoms with Crippen LogP contribution in [0.15, 0.2) is 116 Å². The third-order valence-electron chi connectivity index (χ3n) is 10.2. The number of nitrogens with zero attached hydrogens (tertiary/aromatic N) is 5. The predicted molar refractivity (Wildman–Crippen MR) is 216 cm³/mol. The van der Waals surface area contributed by atoms with Gasteiger partial charge in [-0.2, -0.15) is 0 Å². The topological polar surface area (TPSA) is 48.8 Å². The van der Waals surface area contributed by atoms with E-state index in [1.165, 1.54) is 17.2 Å². The van der Waals surface area contributed by atoms with Gasteiger partial charge in [-0.15, -0.1) is 0 Å². The lowest BCUT2D eigenvalue weighted by Crippen LogP contribution is -2.31. The Morgan fingerprint density at radius 2 is 1.30 bits per heavy atom. The SMILES string of the molecule is CC(C)(C)c1cc(-[n+]2[c-]n(-c3cncc(Oc4ccc5c6ccc(F)cc6n(-c6cc(C(C)(C)C)ccn6)c5c4)c3)c3ccccc32)cc(C(C)(C)C)c1. The Balaban J connectivity index is 1.22. The van der Waals surface area contributed by atoms with Gasteiger partial charge in [-0.25, -0.2) is 9.37 Å². The molecule has 0 bridgehead atoms. The van der Waals surface area contributed by atoms with Gasteiger partial charge in [-0.05, 0) is 93.6 Å². The van der Waals surface area contributed by atoms with Crippen LogP contribution in [0.1, 0.15) is 79.0 Å². The van der Waals surface area contributed by atoms with Gasteiger partial charge in [0.15, 0.2) is 0 Å². The second-order valence-corrected chi connectivity index (χ2v) is 17.3. The number of rotatable bonds is 5. The van der Waals surface area contributed by atoms with Gasteiger partial charge >= 0.3 is 0 Å². The molecule has 0 fully saturated rings. The summed E-state index contributed by atoms with van der Waals surface area (Å²) in [7, 11) is 0. The summed E-state index contributed by atoms with van der Waals surface area (Å²) in [5, 5.41) is 1.92. The first-order valence-corrected chi connectivity index (χ1v) is 18.5. The Kier molecular flexibility index (Phi) is 8.25. The number of pyridine rings is 2. The maximum atomic E-state index is 14.7. The van der Waals surface area contributed by atoms with Crippen molar-refractivity contribution in [2.24, 2.45) is 0 Å². The van der Waals surface area contributed by atoms with E-state index in [9.17, 15) is 4.39 Å². The molecule has 0 saturated carbocycles. The standard InChI is InChI=1S/C47H46FN5O/c1-45(2,3)30-18-19-50-44(23-30)53-42-24-33(48)14-16-38(42)39-17-15-36(26-43(39)53)54-37-25-35(27-49-28-37)52-29-51(40-12-10-11-13-41(40)52)34-21-31(46(4,5)6)20-32(22-34)47(7,8)9/h10-28H,1-9H3. The fourth-order valence-corrected chi connectivity index (χ4v) is 7.06. The third-order valence-corrected chi connectivity index (χ3v) is 10.2. The predicted octanol–water partition coefficient (Wildman–Crippen LogP) is 11.4. The van der Waals surface area contributed by atoms with Crippen LogP contribution in [-0.4, -0.2) is 19.1 Å². The van der Waals surface area contributed by atoms with Gasteiger partial charge in [-0.3, -0.25) is 18.7 Å². The molecular weight excluding hydrogens is 670 g/mol. The van der Waals surface area contributed by atoms with Crippen molar-refractivity contribution in [3.63, 3.8) is 0 Å². The van der Waals surface area contributed by atoms with E-state index in [2.05, 4.69) is 121 Å². The van der Waals surface area contributed by atoms with E-state index in [1.807, 2.05) is 64.0 Å². The van der Waals surface area contributed by atoms with Crippen LogP contribution < -0.4 is 9.30 Å². The Morgan fingerprint density at radius 3 is 2.00 bits per heavy atom. The van der Waals surface area contributed by atoms with Crippen molar-refractivity contribution in [2.45, 2.75) is 78.6 Å². The maximum Gasteiger partial charge on any atom is 0.269 e. The summed E-state index contributed by atoms with van der Waals surface area (Å²) in [6.07, 6.45) is 9.02. The summed E-state index contributed by atoms with van der Waals surface area (Å²) in [4.78, 5) is 9.36. The van der Waals surface area contributed by atoms with Crippen LogP contribution in [-0.2, 0) is 16.2 Å². The molecule has 272 valence electrons. The molecule has 54 heavy (non-hydrogen) atoms. The number of hydrogen-bond acceptors (Lipinski definition) is 3. The summed E-state index contributed by atoms with van der Waals surface area (Å²) in [5.41, 5.74) is 9.10. The highest BCUT2D eigenvalue weighted by molar-refractivity contribution is 6.09. The summed E-state index contributed by atoms with van der Waals surface area (Å²) >= 11 is 0. The Morgan fingerprint density at radius 1 is 0.630 bits per heavy atom. The number of imidazole rings is 1. The first kappa shape index (κ1) is 35.2. The molecule has 7 heteroatoms. The Labute approximate surface area is 316 Å². The fourth-order valence-electron chi connectivity index (χ4n) is 7.06. The van der Waals surface area contributed by atoms with Crippen molar-refractivity contribution in [3.05, 3.63) is 144 Å². The lowest BCUT2D eigenvalue weighted by Gasteiger charge is -2.26. The molecule has 4 heterocycles. The highest BCUT2D eigenvalue weighted by atomic mass is 19.1. The van der Waals surface area contributed by atoms with Gasteiger partial charge in [0.05, 0.1) is 39.6 Å². The van der Waals surface area contributed by atoms with Crippen LogP contribution in [0, 0.1) is 12.1 Å². The molecule has 0 aliphatic heterocycles. The maximum absolute atomic E-state index is 14.7. The highest BCUT2D eigenvalue weighted by Crippen LogP contribution is 2.37. The Bertz CT molecular complexity index is 2680. The van der Waals surface area contributed by atoms with Crippen LogP contribution in [0.3, 0.4) is 0 Å². The minimum atomic E-state index is -0.301. The lowest BCUT2D eigenvalue weighted by atomic mass is 9.80. The lowest BCUT2D eigenvalue weighted by molar-refractivity contribution is -0.572. The zero-order chi connectivity index (χ0) is 38.2. The second-order valence-electron chi connectivity index (χ2n) is 17.3. The molecule has 4 aromatic heterocycles. The third kappa shape index (κ3) is 6.42. The minimum absolute atomic E-state index is 0.0227. The van der Waals surface area contributed by atoms with E-state index < -0.39 is 0 Å². The first-order valence-electron chi connectivity index (χ1n) is 18.5. The smallest absolute Gasteiger partial charge is 0.269 e. The number of benzene rings is 4. The highest BCUT2D eigenvalue weighted by Gasteiger charge is 2.23. The number of ether oxygens (including phenoxy) is 1. The zero-order valence-electron chi connectivity index (χ0n) is 32.5. The molecule has 4 aromatic carbocycles.